The second kappa shape index (κ2) is 9.00. The third-order valence-electron chi connectivity index (χ3n) is 6.81. The monoisotopic (exact) mass is 404 g/mol. The molecule has 5 heteroatoms. The molecule has 0 unspecified atom stereocenters. The highest BCUT2D eigenvalue weighted by Gasteiger charge is 2.37. The number of nitrogens with zero attached hydrogens (tertiary/aromatic N) is 1. The van der Waals surface area contributed by atoms with Gasteiger partial charge in [-0.1, -0.05) is 57.4 Å². The van der Waals surface area contributed by atoms with Crippen LogP contribution in [0.25, 0.3) is 0 Å². The lowest BCUT2D eigenvalue weighted by molar-refractivity contribution is 0.121. The van der Waals surface area contributed by atoms with Gasteiger partial charge < -0.3 is 0 Å². The van der Waals surface area contributed by atoms with Gasteiger partial charge in [-0.05, 0) is 60.8 Å². The molecule has 3 rings (SSSR count). The van der Waals surface area contributed by atoms with E-state index in [0.717, 1.165) is 32.0 Å². The highest BCUT2D eigenvalue weighted by atomic mass is 32.2. The van der Waals surface area contributed by atoms with Crippen molar-refractivity contribution in [2.75, 3.05) is 30.6 Å². The van der Waals surface area contributed by atoms with Crippen LogP contribution in [0.3, 0.4) is 0 Å². The zero-order valence-electron chi connectivity index (χ0n) is 17.7. The molecule has 28 heavy (non-hydrogen) atoms. The fourth-order valence-corrected chi connectivity index (χ4v) is 5.35. The van der Waals surface area contributed by atoms with Crippen molar-refractivity contribution in [2.24, 2.45) is 11.8 Å². The Labute approximate surface area is 171 Å². The number of anilines is 1. The second-order valence-corrected chi connectivity index (χ2v) is 10.9. The third kappa shape index (κ3) is 5.60. The molecule has 1 saturated carbocycles. The minimum absolute atomic E-state index is 0.0682. The summed E-state index contributed by atoms with van der Waals surface area (Å²) in [5.74, 6) is 1.31. The molecule has 2 atom stereocenters. The van der Waals surface area contributed by atoms with E-state index in [1.807, 2.05) is 18.2 Å². The van der Waals surface area contributed by atoms with Crippen LogP contribution < -0.4 is 4.72 Å². The number of nitrogens with one attached hydrogen (secondary N) is 1. The van der Waals surface area contributed by atoms with E-state index in [1.54, 1.807) is 0 Å². The molecule has 2 fully saturated rings. The molecule has 0 aromatic heterocycles. The van der Waals surface area contributed by atoms with Crippen LogP contribution in [0.4, 0.5) is 5.69 Å². The molecule has 1 saturated heterocycles. The zero-order valence-corrected chi connectivity index (χ0v) is 18.5. The van der Waals surface area contributed by atoms with Crippen LogP contribution in [0.5, 0.6) is 0 Å². The van der Waals surface area contributed by atoms with Gasteiger partial charge in [0.2, 0.25) is 10.0 Å². The Bertz CT molecular complexity index is 784. The number of sulfonamides is 1. The zero-order chi connectivity index (χ0) is 20.2. The van der Waals surface area contributed by atoms with Gasteiger partial charge in [-0.3, -0.25) is 9.62 Å². The first-order valence-electron chi connectivity index (χ1n) is 10.7. The molecule has 0 spiro atoms. The van der Waals surface area contributed by atoms with Crippen molar-refractivity contribution in [1.29, 1.82) is 0 Å². The van der Waals surface area contributed by atoms with Crippen molar-refractivity contribution in [3.8, 4) is 0 Å². The van der Waals surface area contributed by atoms with Crippen LogP contribution in [0, 0.1) is 11.8 Å². The fourth-order valence-electron chi connectivity index (χ4n) is 4.79. The van der Waals surface area contributed by atoms with E-state index in [2.05, 4.69) is 41.7 Å². The summed E-state index contributed by atoms with van der Waals surface area (Å²) in [6, 6.07) is 7.93. The maximum Gasteiger partial charge on any atom is 0.229 e. The van der Waals surface area contributed by atoms with Crippen LogP contribution in [0.1, 0.15) is 57.9 Å². The number of allylic oxidation sites excluding steroid dienone is 1. The van der Waals surface area contributed by atoms with Crippen LogP contribution in [-0.2, 0) is 15.4 Å². The fraction of sp³-hybridized carbons (Fsp3) is 0.652. The summed E-state index contributed by atoms with van der Waals surface area (Å²) in [6.45, 7) is 7.86. The van der Waals surface area contributed by atoms with Crippen LogP contribution in [0.15, 0.2) is 36.4 Å². The largest absolute Gasteiger partial charge is 0.299 e. The van der Waals surface area contributed by atoms with Crippen molar-refractivity contribution in [1.82, 2.24) is 4.90 Å². The van der Waals surface area contributed by atoms with Gasteiger partial charge in [-0.2, -0.15) is 0 Å². The molecule has 1 aliphatic carbocycles. The summed E-state index contributed by atoms with van der Waals surface area (Å²) in [4.78, 5) is 2.56. The lowest BCUT2D eigenvalue weighted by Crippen LogP contribution is -2.47. The molecular formula is C23H36N2O2S. The van der Waals surface area contributed by atoms with E-state index >= 15 is 0 Å². The molecule has 0 radical (unpaired) electrons. The molecule has 2 aliphatic rings. The predicted octanol–water partition coefficient (Wildman–Crippen LogP) is 4.79. The van der Waals surface area contributed by atoms with Gasteiger partial charge in [0.05, 0.1) is 6.26 Å². The van der Waals surface area contributed by atoms with Crippen molar-refractivity contribution in [3.63, 3.8) is 0 Å². The SMILES string of the molecule is C[C@H]1CN(CC=CC2CCCCC2)CC[C@]1(C)c1cccc(NS(C)(=O)=O)c1. The number of benzene rings is 1. The highest BCUT2D eigenvalue weighted by molar-refractivity contribution is 7.92. The third-order valence-corrected chi connectivity index (χ3v) is 7.42. The lowest BCUT2D eigenvalue weighted by atomic mass is 9.68. The molecule has 1 aromatic rings. The minimum atomic E-state index is -3.25. The molecule has 0 amide bonds. The molecule has 4 nitrogen and oxygen atoms in total. The van der Waals surface area contributed by atoms with Crippen molar-refractivity contribution in [2.45, 2.75) is 57.8 Å². The number of hydrogen-bond acceptors (Lipinski definition) is 3. The van der Waals surface area contributed by atoms with Crippen molar-refractivity contribution < 1.29 is 8.42 Å². The first-order chi connectivity index (χ1) is 13.3. The smallest absolute Gasteiger partial charge is 0.229 e. The Morgan fingerprint density at radius 2 is 2.00 bits per heavy atom. The molecule has 1 N–H and O–H groups in total. The van der Waals surface area contributed by atoms with Crippen molar-refractivity contribution in [3.05, 3.63) is 42.0 Å². The Kier molecular flexibility index (Phi) is 6.87. The Morgan fingerprint density at radius 3 is 2.68 bits per heavy atom. The van der Waals surface area contributed by atoms with E-state index < -0.39 is 10.0 Å². The summed E-state index contributed by atoms with van der Waals surface area (Å²) in [5, 5.41) is 0. The topological polar surface area (TPSA) is 49.4 Å². The summed E-state index contributed by atoms with van der Waals surface area (Å²) in [5.41, 5.74) is 1.95. The Balaban J connectivity index is 1.60. The van der Waals surface area contributed by atoms with Gasteiger partial charge in [0, 0.05) is 18.8 Å². The minimum Gasteiger partial charge on any atom is -0.299 e. The van der Waals surface area contributed by atoms with Crippen LogP contribution in [-0.4, -0.2) is 39.2 Å². The summed E-state index contributed by atoms with van der Waals surface area (Å²) in [7, 11) is -3.25. The van der Waals surface area contributed by atoms with Crippen LogP contribution >= 0.6 is 0 Å². The average molecular weight is 405 g/mol. The van der Waals surface area contributed by atoms with E-state index in [1.165, 1.54) is 43.9 Å². The first kappa shape index (κ1) is 21.4. The van der Waals surface area contributed by atoms with Crippen molar-refractivity contribution >= 4 is 15.7 Å². The van der Waals surface area contributed by atoms with Gasteiger partial charge in [-0.25, -0.2) is 8.42 Å². The molecule has 0 bridgehead atoms. The van der Waals surface area contributed by atoms with Gasteiger partial charge in [0.25, 0.3) is 0 Å². The van der Waals surface area contributed by atoms with Gasteiger partial charge in [0.15, 0.2) is 0 Å². The quantitative estimate of drug-likeness (QED) is 0.693. The molecule has 1 aliphatic heterocycles. The second-order valence-electron chi connectivity index (χ2n) is 9.11. The molecular weight excluding hydrogens is 368 g/mol. The summed E-state index contributed by atoms with van der Waals surface area (Å²) < 4.78 is 25.7. The summed E-state index contributed by atoms with van der Waals surface area (Å²) in [6.07, 6.45) is 14.1. The first-order valence-corrected chi connectivity index (χ1v) is 12.6. The van der Waals surface area contributed by atoms with E-state index in [0.29, 0.717) is 11.6 Å². The predicted molar refractivity (Wildman–Crippen MR) is 118 cm³/mol. The van der Waals surface area contributed by atoms with E-state index in [4.69, 9.17) is 0 Å². The van der Waals surface area contributed by atoms with E-state index in [9.17, 15) is 8.42 Å². The van der Waals surface area contributed by atoms with Crippen LogP contribution in [0.2, 0.25) is 0 Å². The van der Waals surface area contributed by atoms with E-state index in [-0.39, 0.29) is 5.41 Å². The lowest BCUT2D eigenvalue weighted by Gasteiger charge is -2.45. The van der Waals surface area contributed by atoms with Gasteiger partial charge >= 0.3 is 0 Å². The molecule has 1 heterocycles. The van der Waals surface area contributed by atoms with Gasteiger partial charge in [0.1, 0.15) is 0 Å². The number of likely N-dealkylation sites (tertiary alicyclic amines) is 1. The Hall–Kier alpha value is -1.33. The number of hydrogen-bond donors (Lipinski definition) is 1. The van der Waals surface area contributed by atoms with Gasteiger partial charge in [-0.15, -0.1) is 0 Å². The molecule has 156 valence electrons. The number of rotatable bonds is 6. The highest BCUT2D eigenvalue weighted by Crippen LogP contribution is 2.40. The maximum atomic E-state index is 11.6. The Morgan fingerprint density at radius 1 is 1.25 bits per heavy atom. The summed E-state index contributed by atoms with van der Waals surface area (Å²) >= 11 is 0. The molecule has 1 aromatic carbocycles. The standard InChI is InChI=1S/C23H36N2O2S/c1-19-18-25(15-8-11-20-9-5-4-6-10-20)16-14-23(19,2)21-12-7-13-22(17-21)24-28(3,26)27/h7-8,11-13,17,19-20,24H,4-6,9-10,14-16,18H2,1-3H3/t19-,23-/m0/s1. The number of piperidine rings is 1. The average Bonchev–Trinajstić information content (AvgIpc) is 2.64. The maximum absolute atomic E-state index is 11.6. The normalized spacial score (nSPS) is 27.9.